The Kier molecular flexibility index (Phi) is 4.88. The van der Waals surface area contributed by atoms with Gasteiger partial charge in [-0.3, -0.25) is 19.3 Å². The van der Waals surface area contributed by atoms with E-state index in [4.69, 9.17) is 4.74 Å². The van der Waals surface area contributed by atoms with Crippen molar-refractivity contribution < 1.29 is 9.66 Å². The Morgan fingerprint density at radius 1 is 1.20 bits per heavy atom. The van der Waals surface area contributed by atoms with Gasteiger partial charge in [0.15, 0.2) is 0 Å². The molecule has 0 amide bonds. The minimum absolute atomic E-state index is 0.132. The molecule has 1 aromatic carbocycles. The van der Waals surface area contributed by atoms with E-state index in [1.165, 1.54) is 6.20 Å². The van der Waals surface area contributed by atoms with Gasteiger partial charge in [-0.05, 0) is 29.8 Å². The average Bonchev–Trinajstić information content (AvgIpc) is 3.17. The summed E-state index contributed by atoms with van der Waals surface area (Å²) in [6.07, 6.45) is 4.84. The quantitative estimate of drug-likeness (QED) is 0.386. The second-order valence-corrected chi connectivity index (χ2v) is 6.55. The number of aromatic nitrogens is 4. The van der Waals surface area contributed by atoms with Crippen LogP contribution in [-0.4, -0.2) is 31.0 Å². The number of pyridine rings is 1. The van der Waals surface area contributed by atoms with Crippen molar-refractivity contribution in [3.8, 4) is 5.75 Å². The standard InChI is InChI=1S/C20H18N6O4/c1-24-11-9-21-19(24)16(13-6-5-7-14(12-13)30-2)23-18-17(26(28)29)20(27)25-10-4-3-8-15(25)22-18/h3-12,16,23H,1-2H3. The van der Waals surface area contributed by atoms with E-state index in [1.807, 2.05) is 19.2 Å². The van der Waals surface area contributed by atoms with Crippen molar-refractivity contribution in [2.45, 2.75) is 6.04 Å². The van der Waals surface area contributed by atoms with E-state index >= 15 is 0 Å². The molecule has 3 heterocycles. The monoisotopic (exact) mass is 406 g/mol. The Bertz CT molecular complexity index is 1300. The largest absolute Gasteiger partial charge is 0.497 e. The van der Waals surface area contributed by atoms with Crippen molar-refractivity contribution in [2.24, 2.45) is 7.05 Å². The summed E-state index contributed by atoms with van der Waals surface area (Å²) in [6, 6.07) is 11.6. The highest BCUT2D eigenvalue weighted by atomic mass is 16.6. The van der Waals surface area contributed by atoms with Gasteiger partial charge in [0.05, 0.1) is 12.0 Å². The fraction of sp³-hybridized carbons (Fsp3) is 0.150. The molecule has 1 N–H and O–H groups in total. The zero-order valence-electron chi connectivity index (χ0n) is 16.2. The number of fused-ring (bicyclic) bond motifs is 1. The van der Waals surface area contributed by atoms with Gasteiger partial charge in [0.1, 0.15) is 23.3 Å². The minimum atomic E-state index is -0.766. The van der Waals surface area contributed by atoms with E-state index in [1.54, 1.807) is 54.4 Å². The first-order valence-corrected chi connectivity index (χ1v) is 9.03. The van der Waals surface area contributed by atoms with Crippen LogP contribution in [0.15, 0.2) is 65.8 Å². The molecule has 10 nitrogen and oxygen atoms in total. The normalized spacial score (nSPS) is 11.9. The summed E-state index contributed by atoms with van der Waals surface area (Å²) in [5.41, 5.74) is -0.369. The Balaban J connectivity index is 1.91. The Hall–Kier alpha value is -4.21. The van der Waals surface area contributed by atoms with E-state index in [2.05, 4.69) is 15.3 Å². The average molecular weight is 406 g/mol. The number of imidazole rings is 1. The summed E-state index contributed by atoms with van der Waals surface area (Å²) >= 11 is 0. The molecule has 1 unspecified atom stereocenters. The maximum atomic E-state index is 12.8. The van der Waals surface area contributed by atoms with Crippen LogP contribution >= 0.6 is 0 Å². The molecule has 0 saturated heterocycles. The van der Waals surface area contributed by atoms with Crippen LogP contribution in [-0.2, 0) is 7.05 Å². The lowest BCUT2D eigenvalue weighted by molar-refractivity contribution is -0.385. The molecule has 1 atom stereocenters. The molecule has 0 aliphatic carbocycles. The van der Waals surface area contributed by atoms with E-state index in [0.717, 1.165) is 9.96 Å². The van der Waals surface area contributed by atoms with Gasteiger partial charge in [0, 0.05) is 25.6 Å². The summed E-state index contributed by atoms with van der Waals surface area (Å²) in [7, 11) is 3.37. The first kappa shape index (κ1) is 19.1. The highest BCUT2D eigenvalue weighted by molar-refractivity contribution is 5.61. The number of hydrogen-bond donors (Lipinski definition) is 1. The van der Waals surface area contributed by atoms with Crippen LogP contribution in [0.4, 0.5) is 11.5 Å². The van der Waals surface area contributed by atoms with Gasteiger partial charge >= 0.3 is 11.2 Å². The zero-order chi connectivity index (χ0) is 21.3. The van der Waals surface area contributed by atoms with Crippen molar-refractivity contribution in [2.75, 3.05) is 12.4 Å². The number of ether oxygens (including phenoxy) is 1. The van der Waals surface area contributed by atoms with Crippen LogP contribution in [0.2, 0.25) is 0 Å². The second-order valence-electron chi connectivity index (χ2n) is 6.55. The molecule has 0 radical (unpaired) electrons. The van der Waals surface area contributed by atoms with Crippen LogP contribution in [0, 0.1) is 10.1 Å². The van der Waals surface area contributed by atoms with Gasteiger partial charge in [-0.1, -0.05) is 18.2 Å². The SMILES string of the molecule is COc1cccc(C(Nc2nc3ccccn3c(=O)c2[N+](=O)[O-])c2nccn2C)c1. The molecule has 0 spiro atoms. The van der Waals surface area contributed by atoms with Crippen LogP contribution in [0.3, 0.4) is 0 Å². The number of methoxy groups -OCH3 is 1. The summed E-state index contributed by atoms with van der Waals surface area (Å²) in [5, 5.41) is 14.8. The molecule has 0 aliphatic heterocycles. The van der Waals surface area contributed by atoms with Crippen molar-refractivity contribution in [1.82, 2.24) is 18.9 Å². The number of hydrogen-bond acceptors (Lipinski definition) is 7. The molecule has 30 heavy (non-hydrogen) atoms. The van der Waals surface area contributed by atoms with Gasteiger partial charge in [0.25, 0.3) is 0 Å². The summed E-state index contributed by atoms with van der Waals surface area (Å²) in [6.45, 7) is 0. The molecule has 10 heteroatoms. The van der Waals surface area contributed by atoms with Crippen molar-refractivity contribution in [3.05, 3.63) is 92.9 Å². The van der Waals surface area contributed by atoms with Crippen molar-refractivity contribution in [1.29, 1.82) is 0 Å². The minimum Gasteiger partial charge on any atom is -0.497 e. The molecule has 0 saturated carbocycles. The molecular formula is C20H18N6O4. The van der Waals surface area contributed by atoms with Crippen LogP contribution in [0.1, 0.15) is 17.4 Å². The van der Waals surface area contributed by atoms with Crippen molar-refractivity contribution >= 4 is 17.2 Å². The zero-order valence-corrected chi connectivity index (χ0v) is 16.2. The van der Waals surface area contributed by atoms with Crippen LogP contribution in [0.25, 0.3) is 5.65 Å². The van der Waals surface area contributed by atoms with Gasteiger partial charge in [0.2, 0.25) is 5.82 Å². The lowest BCUT2D eigenvalue weighted by Crippen LogP contribution is -2.24. The van der Waals surface area contributed by atoms with Crippen molar-refractivity contribution in [3.63, 3.8) is 0 Å². The molecule has 152 valence electrons. The number of nitrogens with one attached hydrogen (secondary N) is 1. The number of anilines is 1. The fourth-order valence-electron chi connectivity index (χ4n) is 3.26. The number of rotatable bonds is 6. The van der Waals surface area contributed by atoms with E-state index in [9.17, 15) is 14.9 Å². The maximum absolute atomic E-state index is 12.8. The highest BCUT2D eigenvalue weighted by Crippen LogP contribution is 2.30. The lowest BCUT2D eigenvalue weighted by Gasteiger charge is -2.20. The van der Waals surface area contributed by atoms with E-state index < -0.39 is 22.2 Å². The maximum Gasteiger partial charge on any atom is 0.376 e. The topological polar surface area (TPSA) is 117 Å². The van der Waals surface area contributed by atoms with Gasteiger partial charge < -0.3 is 14.6 Å². The predicted molar refractivity (Wildman–Crippen MR) is 110 cm³/mol. The number of nitro groups is 1. The van der Waals surface area contributed by atoms with Gasteiger partial charge in [-0.15, -0.1) is 0 Å². The molecular weight excluding hydrogens is 388 g/mol. The highest BCUT2D eigenvalue weighted by Gasteiger charge is 2.28. The Labute approximate surface area is 170 Å². The van der Waals surface area contributed by atoms with Gasteiger partial charge in [-0.2, -0.15) is 0 Å². The molecule has 4 rings (SSSR count). The number of benzene rings is 1. The summed E-state index contributed by atoms with van der Waals surface area (Å²) in [4.78, 5) is 32.5. The molecule has 4 aromatic rings. The number of aryl methyl sites for hydroxylation is 1. The number of nitrogens with zero attached hydrogens (tertiary/aromatic N) is 5. The van der Waals surface area contributed by atoms with Crippen LogP contribution in [0.5, 0.6) is 5.75 Å². The predicted octanol–water partition coefficient (Wildman–Crippen LogP) is 2.55. The lowest BCUT2D eigenvalue weighted by atomic mass is 10.1. The molecule has 0 fully saturated rings. The van der Waals surface area contributed by atoms with Crippen LogP contribution < -0.4 is 15.6 Å². The molecule has 0 aliphatic rings. The summed E-state index contributed by atoms with van der Waals surface area (Å²) in [5.74, 6) is 1.08. The summed E-state index contributed by atoms with van der Waals surface area (Å²) < 4.78 is 8.24. The van der Waals surface area contributed by atoms with E-state index in [0.29, 0.717) is 17.2 Å². The first-order chi connectivity index (χ1) is 14.5. The third-order valence-electron chi connectivity index (χ3n) is 4.72. The van der Waals surface area contributed by atoms with E-state index in [-0.39, 0.29) is 5.82 Å². The van der Waals surface area contributed by atoms with Gasteiger partial charge in [-0.25, -0.2) is 9.97 Å². The molecule has 3 aromatic heterocycles. The fourth-order valence-corrected chi connectivity index (χ4v) is 3.26. The third kappa shape index (κ3) is 3.34. The third-order valence-corrected chi connectivity index (χ3v) is 4.72. The Morgan fingerprint density at radius 2 is 2.03 bits per heavy atom. The Morgan fingerprint density at radius 3 is 2.73 bits per heavy atom. The smallest absolute Gasteiger partial charge is 0.376 e. The first-order valence-electron chi connectivity index (χ1n) is 9.03. The molecule has 0 bridgehead atoms. The second kappa shape index (κ2) is 7.66.